The molecule has 3 aromatic rings. The number of rotatable bonds is 2. The minimum absolute atomic E-state index is 0.907. The van der Waals surface area contributed by atoms with Crippen molar-refractivity contribution in [3.05, 3.63) is 64.0 Å². The SMILES string of the molecule is CC(=NN=c1sc2ccccc2n1C)c1ccc(C)c(C)c1. The molecule has 22 heavy (non-hydrogen) atoms. The topological polar surface area (TPSA) is 29.6 Å². The van der Waals surface area contributed by atoms with Crippen LogP contribution >= 0.6 is 11.3 Å². The molecule has 4 heteroatoms. The first-order chi connectivity index (χ1) is 10.6. The second-order valence-corrected chi connectivity index (χ2v) is 6.50. The van der Waals surface area contributed by atoms with Crippen LogP contribution in [0, 0.1) is 13.8 Å². The second-order valence-electron chi connectivity index (χ2n) is 5.50. The van der Waals surface area contributed by atoms with Crippen molar-refractivity contribution in [1.82, 2.24) is 4.57 Å². The van der Waals surface area contributed by atoms with E-state index in [0.29, 0.717) is 0 Å². The molecule has 0 aliphatic rings. The molecule has 0 atom stereocenters. The van der Waals surface area contributed by atoms with Gasteiger partial charge in [0.05, 0.1) is 15.9 Å². The van der Waals surface area contributed by atoms with Gasteiger partial charge in [-0.3, -0.25) is 0 Å². The molecule has 2 aromatic carbocycles. The number of para-hydroxylation sites is 1. The molecule has 0 N–H and O–H groups in total. The second kappa shape index (κ2) is 5.89. The van der Waals surface area contributed by atoms with E-state index in [1.54, 1.807) is 11.3 Å². The number of fused-ring (bicyclic) bond motifs is 1. The van der Waals surface area contributed by atoms with Gasteiger partial charge in [-0.05, 0) is 55.7 Å². The molecule has 0 aliphatic heterocycles. The van der Waals surface area contributed by atoms with E-state index in [0.717, 1.165) is 16.1 Å². The van der Waals surface area contributed by atoms with Crippen molar-refractivity contribution in [2.75, 3.05) is 0 Å². The average Bonchev–Trinajstić information content (AvgIpc) is 2.84. The van der Waals surface area contributed by atoms with E-state index in [-0.39, 0.29) is 0 Å². The van der Waals surface area contributed by atoms with Gasteiger partial charge in [-0.15, -0.1) is 5.10 Å². The van der Waals surface area contributed by atoms with Crippen LogP contribution in [0.3, 0.4) is 0 Å². The van der Waals surface area contributed by atoms with Gasteiger partial charge in [0, 0.05) is 7.05 Å². The van der Waals surface area contributed by atoms with E-state index in [9.17, 15) is 0 Å². The standard InChI is InChI=1S/C18H19N3S/c1-12-9-10-15(11-13(12)2)14(3)19-20-18-21(4)16-7-5-6-8-17(16)22-18/h5-11H,1-4H3. The third-order valence-electron chi connectivity index (χ3n) is 3.93. The summed E-state index contributed by atoms with van der Waals surface area (Å²) >= 11 is 1.66. The van der Waals surface area contributed by atoms with Gasteiger partial charge in [0.25, 0.3) is 0 Å². The number of nitrogens with zero attached hydrogens (tertiary/aromatic N) is 3. The molecule has 3 nitrogen and oxygen atoms in total. The quantitative estimate of drug-likeness (QED) is 0.502. The molecule has 0 amide bonds. The minimum atomic E-state index is 0.907. The highest BCUT2D eigenvalue weighted by atomic mass is 32.1. The third-order valence-corrected chi connectivity index (χ3v) is 5.03. The normalized spacial score (nSPS) is 13.1. The molecule has 3 rings (SSSR count). The molecule has 0 unspecified atom stereocenters. The van der Waals surface area contributed by atoms with E-state index >= 15 is 0 Å². The summed E-state index contributed by atoms with van der Waals surface area (Å²) in [7, 11) is 2.03. The number of hydrogen-bond acceptors (Lipinski definition) is 3. The highest BCUT2D eigenvalue weighted by Crippen LogP contribution is 2.15. The summed E-state index contributed by atoms with van der Waals surface area (Å²) in [6.45, 7) is 6.24. The molecule has 0 saturated heterocycles. The molecule has 0 saturated carbocycles. The summed E-state index contributed by atoms with van der Waals surface area (Å²) in [5, 5.41) is 8.86. The maximum absolute atomic E-state index is 4.44. The number of aryl methyl sites for hydroxylation is 3. The number of hydrogen-bond donors (Lipinski definition) is 0. The van der Waals surface area contributed by atoms with Gasteiger partial charge in [-0.1, -0.05) is 35.6 Å². The van der Waals surface area contributed by atoms with Crippen LogP contribution in [0.4, 0.5) is 0 Å². The first kappa shape index (κ1) is 14.7. The van der Waals surface area contributed by atoms with Gasteiger partial charge in [-0.2, -0.15) is 5.10 Å². The van der Waals surface area contributed by atoms with Crippen LogP contribution in [0.25, 0.3) is 10.2 Å². The Hall–Kier alpha value is -2.20. The van der Waals surface area contributed by atoms with Gasteiger partial charge in [0.15, 0.2) is 0 Å². The van der Waals surface area contributed by atoms with E-state index in [1.165, 1.54) is 21.3 Å². The zero-order valence-electron chi connectivity index (χ0n) is 13.3. The Morgan fingerprint density at radius 2 is 1.82 bits per heavy atom. The van der Waals surface area contributed by atoms with Gasteiger partial charge >= 0.3 is 0 Å². The van der Waals surface area contributed by atoms with E-state index in [2.05, 4.69) is 58.9 Å². The van der Waals surface area contributed by atoms with Crippen LogP contribution in [-0.4, -0.2) is 10.3 Å². The smallest absolute Gasteiger partial charge is 0.211 e. The Bertz CT molecular complexity index is 929. The van der Waals surface area contributed by atoms with Gasteiger partial charge in [0.1, 0.15) is 0 Å². The Morgan fingerprint density at radius 1 is 1.05 bits per heavy atom. The zero-order valence-corrected chi connectivity index (χ0v) is 14.1. The number of thiazole rings is 1. The van der Waals surface area contributed by atoms with Crippen molar-refractivity contribution < 1.29 is 0 Å². The summed E-state index contributed by atoms with van der Waals surface area (Å²) in [5.41, 5.74) is 5.81. The van der Waals surface area contributed by atoms with Crippen molar-refractivity contribution in [3.8, 4) is 0 Å². The summed E-state index contributed by atoms with van der Waals surface area (Å²) in [5.74, 6) is 0. The van der Waals surface area contributed by atoms with E-state index in [4.69, 9.17) is 0 Å². The minimum Gasteiger partial charge on any atom is -0.318 e. The van der Waals surface area contributed by atoms with Crippen LogP contribution in [0.1, 0.15) is 23.6 Å². The Morgan fingerprint density at radius 3 is 2.55 bits per heavy atom. The molecule has 0 aliphatic carbocycles. The Labute approximate surface area is 134 Å². The van der Waals surface area contributed by atoms with E-state index in [1.807, 2.05) is 26.1 Å². The van der Waals surface area contributed by atoms with Crippen molar-refractivity contribution in [3.63, 3.8) is 0 Å². The molecular weight excluding hydrogens is 290 g/mol. The lowest BCUT2D eigenvalue weighted by Gasteiger charge is -2.03. The predicted molar refractivity (Wildman–Crippen MR) is 94.5 cm³/mol. The lowest BCUT2D eigenvalue weighted by atomic mass is 10.0. The molecule has 0 bridgehead atoms. The molecule has 0 fully saturated rings. The monoisotopic (exact) mass is 309 g/mol. The average molecular weight is 309 g/mol. The van der Waals surface area contributed by atoms with Crippen LogP contribution in [0.2, 0.25) is 0 Å². The fourth-order valence-corrected chi connectivity index (χ4v) is 3.29. The molecule has 0 spiro atoms. The summed E-state index contributed by atoms with van der Waals surface area (Å²) in [6.07, 6.45) is 0. The lowest BCUT2D eigenvalue weighted by Crippen LogP contribution is -2.09. The highest BCUT2D eigenvalue weighted by molar-refractivity contribution is 7.16. The number of aromatic nitrogens is 1. The molecule has 112 valence electrons. The summed E-state index contributed by atoms with van der Waals surface area (Å²) in [4.78, 5) is 0.907. The Balaban J connectivity index is 2.03. The maximum Gasteiger partial charge on any atom is 0.211 e. The zero-order chi connectivity index (χ0) is 15.7. The van der Waals surface area contributed by atoms with Crippen molar-refractivity contribution in [2.45, 2.75) is 20.8 Å². The number of benzene rings is 2. The fourth-order valence-electron chi connectivity index (χ4n) is 2.32. The molecular formula is C18H19N3S. The summed E-state index contributed by atoms with van der Waals surface area (Å²) < 4.78 is 3.31. The molecule has 1 aromatic heterocycles. The van der Waals surface area contributed by atoms with Crippen LogP contribution in [0.15, 0.2) is 52.7 Å². The van der Waals surface area contributed by atoms with Gasteiger partial charge < -0.3 is 4.57 Å². The van der Waals surface area contributed by atoms with Crippen LogP contribution in [-0.2, 0) is 7.05 Å². The van der Waals surface area contributed by atoms with Crippen molar-refractivity contribution in [1.29, 1.82) is 0 Å². The highest BCUT2D eigenvalue weighted by Gasteiger charge is 2.02. The summed E-state index contributed by atoms with van der Waals surface area (Å²) in [6, 6.07) is 14.7. The lowest BCUT2D eigenvalue weighted by molar-refractivity contribution is 0.888. The largest absolute Gasteiger partial charge is 0.318 e. The van der Waals surface area contributed by atoms with Crippen LogP contribution in [0.5, 0.6) is 0 Å². The van der Waals surface area contributed by atoms with Crippen molar-refractivity contribution >= 4 is 27.3 Å². The van der Waals surface area contributed by atoms with Crippen molar-refractivity contribution in [2.24, 2.45) is 17.3 Å². The van der Waals surface area contributed by atoms with E-state index < -0.39 is 0 Å². The van der Waals surface area contributed by atoms with Gasteiger partial charge in [-0.25, -0.2) is 0 Å². The predicted octanol–water partition coefficient (Wildman–Crippen LogP) is 4.18. The maximum atomic E-state index is 4.44. The molecule has 1 heterocycles. The van der Waals surface area contributed by atoms with Gasteiger partial charge in [0.2, 0.25) is 4.80 Å². The van der Waals surface area contributed by atoms with Crippen LogP contribution < -0.4 is 4.80 Å². The first-order valence-electron chi connectivity index (χ1n) is 7.27. The third kappa shape index (κ3) is 2.74. The first-order valence-corrected chi connectivity index (χ1v) is 8.08. The Kier molecular flexibility index (Phi) is 3.94. The fraction of sp³-hybridized carbons (Fsp3) is 0.222. The molecule has 0 radical (unpaired) electrons.